The highest BCUT2D eigenvalue weighted by Gasteiger charge is 2.26. The zero-order valence-electron chi connectivity index (χ0n) is 10.3. The zero-order chi connectivity index (χ0) is 13.4. The van der Waals surface area contributed by atoms with Crippen LogP contribution in [0.15, 0.2) is 27.2 Å². The van der Waals surface area contributed by atoms with Crippen molar-refractivity contribution in [2.75, 3.05) is 18.0 Å². The standard InChI is InChI=1S/C13H14BrN3O2/c14-9-3-4-11-10(6-9)13(16-19-11)17-5-1-2-8(7-17)12(15)18/h3-4,6,8H,1-2,5,7H2,(H2,15,18)/t8-/m1/s1. The van der Waals surface area contributed by atoms with Gasteiger partial charge in [-0.3, -0.25) is 4.79 Å². The summed E-state index contributed by atoms with van der Waals surface area (Å²) < 4.78 is 6.30. The minimum absolute atomic E-state index is 0.104. The Bertz CT molecular complexity index is 625. The van der Waals surface area contributed by atoms with Gasteiger partial charge in [0.05, 0.1) is 11.3 Å². The molecule has 1 aromatic carbocycles. The number of hydrogen-bond acceptors (Lipinski definition) is 4. The number of anilines is 1. The Balaban J connectivity index is 1.95. The first kappa shape index (κ1) is 12.5. The normalized spacial score (nSPS) is 19.8. The minimum Gasteiger partial charge on any atom is -0.369 e. The number of fused-ring (bicyclic) bond motifs is 1. The van der Waals surface area contributed by atoms with Crippen LogP contribution < -0.4 is 10.6 Å². The lowest BCUT2D eigenvalue weighted by Crippen LogP contribution is -2.41. The fourth-order valence-electron chi connectivity index (χ4n) is 2.53. The molecular formula is C13H14BrN3O2. The van der Waals surface area contributed by atoms with Crippen LogP contribution in [0.1, 0.15) is 12.8 Å². The number of halogens is 1. The van der Waals surface area contributed by atoms with Crippen molar-refractivity contribution in [1.29, 1.82) is 0 Å². The Morgan fingerprint density at radius 1 is 1.53 bits per heavy atom. The summed E-state index contributed by atoms with van der Waals surface area (Å²) in [5.74, 6) is 0.452. The summed E-state index contributed by atoms with van der Waals surface area (Å²) in [7, 11) is 0. The molecule has 0 saturated carbocycles. The smallest absolute Gasteiger partial charge is 0.222 e. The van der Waals surface area contributed by atoms with Crippen LogP contribution in [0.25, 0.3) is 11.0 Å². The number of nitrogens with two attached hydrogens (primary N) is 1. The molecule has 0 bridgehead atoms. The zero-order valence-corrected chi connectivity index (χ0v) is 11.9. The predicted octanol–water partition coefficient (Wildman–Crippen LogP) is 2.29. The lowest BCUT2D eigenvalue weighted by atomic mass is 9.97. The minimum atomic E-state index is -0.237. The first-order valence-electron chi connectivity index (χ1n) is 6.24. The summed E-state index contributed by atoms with van der Waals surface area (Å²) in [4.78, 5) is 13.4. The molecular weight excluding hydrogens is 310 g/mol. The van der Waals surface area contributed by atoms with E-state index in [1.165, 1.54) is 0 Å². The monoisotopic (exact) mass is 323 g/mol. The summed E-state index contributed by atoms with van der Waals surface area (Å²) in [5.41, 5.74) is 6.15. The van der Waals surface area contributed by atoms with Gasteiger partial charge in [-0.05, 0) is 31.0 Å². The van der Waals surface area contributed by atoms with Crippen LogP contribution in [0, 0.1) is 5.92 Å². The molecule has 1 aromatic heterocycles. The first-order valence-corrected chi connectivity index (χ1v) is 7.03. The van der Waals surface area contributed by atoms with E-state index in [2.05, 4.69) is 26.0 Å². The van der Waals surface area contributed by atoms with Gasteiger partial charge >= 0.3 is 0 Å². The van der Waals surface area contributed by atoms with E-state index in [0.29, 0.717) is 6.54 Å². The second-order valence-electron chi connectivity index (χ2n) is 4.83. The average molecular weight is 324 g/mol. The third-order valence-electron chi connectivity index (χ3n) is 3.54. The number of aromatic nitrogens is 1. The highest BCUT2D eigenvalue weighted by molar-refractivity contribution is 9.10. The van der Waals surface area contributed by atoms with Gasteiger partial charge in [0.15, 0.2) is 11.4 Å². The van der Waals surface area contributed by atoms with Crippen LogP contribution in [0.2, 0.25) is 0 Å². The lowest BCUT2D eigenvalue weighted by molar-refractivity contribution is -0.122. The molecule has 6 heteroatoms. The molecule has 1 aliphatic rings. The third kappa shape index (κ3) is 2.32. The van der Waals surface area contributed by atoms with Crippen molar-refractivity contribution >= 4 is 38.6 Å². The molecule has 0 radical (unpaired) electrons. The largest absolute Gasteiger partial charge is 0.369 e. The van der Waals surface area contributed by atoms with Crippen molar-refractivity contribution in [3.8, 4) is 0 Å². The van der Waals surface area contributed by atoms with E-state index in [0.717, 1.165) is 40.6 Å². The number of piperidine rings is 1. The van der Waals surface area contributed by atoms with E-state index in [1.54, 1.807) is 0 Å². The van der Waals surface area contributed by atoms with E-state index in [-0.39, 0.29) is 11.8 Å². The molecule has 1 aliphatic heterocycles. The van der Waals surface area contributed by atoms with Gasteiger partial charge in [-0.15, -0.1) is 0 Å². The van der Waals surface area contributed by atoms with Gasteiger partial charge in [0.1, 0.15) is 0 Å². The predicted molar refractivity (Wildman–Crippen MR) is 75.8 cm³/mol. The maximum atomic E-state index is 11.3. The number of rotatable bonds is 2. The van der Waals surface area contributed by atoms with Gasteiger partial charge in [-0.25, -0.2) is 0 Å². The highest BCUT2D eigenvalue weighted by Crippen LogP contribution is 2.31. The van der Waals surface area contributed by atoms with Crippen molar-refractivity contribution in [2.45, 2.75) is 12.8 Å². The number of primary amides is 1. The molecule has 1 saturated heterocycles. The van der Waals surface area contributed by atoms with E-state index < -0.39 is 0 Å². The van der Waals surface area contributed by atoms with E-state index in [9.17, 15) is 4.79 Å². The Kier molecular flexibility index (Phi) is 3.18. The van der Waals surface area contributed by atoms with Gasteiger partial charge in [-0.2, -0.15) is 0 Å². The molecule has 1 fully saturated rings. The van der Waals surface area contributed by atoms with Crippen molar-refractivity contribution in [3.05, 3.63) is 22.7 Å². The van der Waals surface area contributed by atoms with Crippen LogP contribution >= 0.6 is 15.9 Å². The van der Waals surface area contributed by atoms with Gasteiger partial charge in [0.2, 0.25) is 5.91 Å². The van der Waals surface area contributed by atoms with Gasteiger partial charge in [-0.1, -0.05) is 21.1 Å². The summed E-state index contributed by atoms with van der Waals surface area (Å²) in [6.45, 7) is 1.49. The van der Waals surface area contributed by atoms with Crippen LogP contribution in [0.3, 0.4) is 0 Å². The van der Waals surface area contributed by atoms with Crippen molar-refractivity contribution in [2.24, 2.45) is 11.7 Å². The van der Waals surface area contributed by atoms with Crippen LogP contribution in [0.5, 0.6) is 0 Å². The summed E-state index contributed by atoms with van der Waals surface area (Å²) >= 11 is 3.45. The lowest BCUT2D eigenvalue weighted by Gasteiger charge is -2.31. The molecule has 5 nitrogen and oxygen atoms in total. The molecule has 1 amide bonds. The van der Waals surface area contributed by atoms with Gasteiger partial charge < -0.3 is 15.2 Å². The number of carbonyl (C=O) groups excluding carboxylic acids is 1. The molecule has 0 unspecified atom stereocenters. The fourth-order valence-corrected chi connectivity index (χ4v) is 2.89. The first-order chi connectivity index (χ1) is 9.15. The maximum Gasteiger partial charge on any atom is 0.222 e. The Labute approximate surface area is 118 Å². The Hall–Kier alpha value is -1.56. The topological polar surface area (TPSA) is 72.4 Å². The number of amides is 1. The molecule has 100 valence electrons. The summed E-state index contributed by atoms with van der Waals surface area (Å²) in [6.07, 6.45) is 1.79. The SMILES string of the molecule is NC(=O)[C@@H]1CCCN(c2noc3ccc(Br)cc23)C1. The quantitative estimate of drug-likeness (QED) is 0.920. The van der Waals surface area contributed by atoms with Crippen molar-refractivity contribution in [1.82, 2.24) is 5.16 Å². The maximum absolute atomic E-state index is 11.3. The molecule has 2 heterocycles. The van der Waals surface area contributed by atoms with Crippen LogP contribution in [-0.2, 0) is 4.79 Å². The molecule has 3 rings (SSSR count). The number of carbonyl (C=O) groups is 1. The highest BCUT2D eigenvalue weighted by atomic mass is 79.9. The third-order valence-corrected chi connectivity index (χ3v) is 4.03. The molecule has 0 spiro atoms. The van der Waals surface area contributed by atoms with Crippen LogP contribution in [0.4, 0.5) is 5.82 Å². The molecule has 1 atom stereocenters. The van der Waals surface area contributed by atoms with Crippen molar-refractivity contribution < 1.29 is 9.32 Å². The average Bonchev–Trinajstić information content (AvgIpc) is 2.81. The molecule has 2 N–H and O–H groups in total. The second-order valence-corrected chi connectivity index (χ2v) is 5.75. The fraction of sp³-hybridized carbons (Fsp3) is 0.385. The molecule has 19 heavy (non-hydrogen) atoms. The van der Waals surface area contributed by atoms with E-state index in [1.807, 2.05) is 18.2 Å². The second kappa shape index (κ2) is 4.85. The van der Waals surface area contributed by atoms with E-state index >= 15 is 0 Å². The van der Waals surface area contributed by atoms with E-state index in [4.69, 9.17) is 10.3 Å². The summed E-state index contributed by atoms with van der Waals surface area (Å²) in [5, 5.41) is 5.09. The molecule has 0 aliphatic carbocycles. The molecule has 2 aromatic rings. The number of nitrogens with zero attached hydrogens (tertiary/aromatic N) is 2. The van der Waals surface area contributed by atoms with Gasteiger partial charge in [0.25, 0.3) is 0 Å². The number of hydrogen-bond donors (Lipinski definition) is 1. The number of benzene rings is 1. The van der Waals surface area contributed by atoms with Crippen LogP contribution in [-0.4, -0.2) is 24.2 Å². The van der Waals surface area contributed by atoms with Crippen molar-refractivity contribution in [3.63, 3.8) is 0 Å². The summed E-state index contributed by atoms with van der Waals surface area (Å²) in [6, 6.07) is 5.78. The Morgan fingerprint density at radius 2 is 2.37 bits per heavy atom. The Morgan fingerprint density at radius 3 is 3.16 bits per heavy atom. The van der Waals surface area contributed by atoms with Gasteiger partial charge in [0, 0.05) is 17.6 Å².